The average molecular weight is 623 g/mol. The standard InChI is InChI=1S/C30H24F2N4O5S2/c1-41-20-4-2-3-17(11-20)22-13-19(8-10-24(22)31)27-23(12-18-7-9-21(14-25(18)32)43(33,39)40)28(16-5-6-16)36(35-27)30-34-26(15-42-30)29(37)38/h2-4,7-11,13-16H,5-6,12H2,1H3,(H,37,38)(H2,33,39,40). The number of benzene rings is 3. The normalized spacial score (nSPS) is 13.3. The molecule has 220 valence electrons. The largest absolute Gasteiger partial charge is 0.497 e. The van der Waals surface area contributed by atoms with Gasteiger partial charge in [0.1, 0.15) is 17.4 Å². The molecule has 0 radical (unpaired) electrons. The van der Waals surface area contributed by atoms with E-state index >= 15 is 8.78 Å². The number of methoxy groups -OCH3 is 1. The molecule has 5 aromatic rings. The monoisotopic (exact) mass is 622 g/mol. The molecular formula is C30H24F2N4O5S2. The summed E-state index contributed by atoms with van der Waals surface area (Å²) >= 11 is 1.11. The Balaban J connectivity index is 1.55. The maximum absolute atomic E-state index is 15.3. The molecule has 3 aromatic carbocycles. The topological polar surface area (TPSA) is 137 Å². The highest BCUT2D eigenvalue weighted by molar-refractivity contribution is 7.89. The third-order valence-corrected chi connectivity index (χ3v) is 8.95. The lowest BCUT2D eigenvalue weighted by Crippen LogP contribution is -2.12. The predicted molar refractivity (Wildman–Crippen MR) is 156 cm³/mol. The van der Waals surface area contributed by atoms with Crippen LogP contribution in [0.25, 0.3) is 27.5 Å². The molecule has 1 fully saturated rings. The van der Waals surface area contributed by atoms with Gasteiger partial charge in [-0.1, -0.05) is 18.2 Å². The van der Waals surface area contributed by atoms with E-state index < -0.39 is 27.6 Å². The van der Waals surface area contributed by atoms with E-state index in [-0.39, 0.29) is 28.5 Å². The van der Waals surface area contributed by atoms with E-state index in [1.165, 1.54) is 30.7 Å². The predicted octanol–water partition coefficient (Wildman–Crippen LogP) is 5.76. The van der Waals surface area contributed by atoms with Gasteiger partial charge in [0.05, 0.1) is 23.4 Å². The summed E-state index contributed by atoms with van der Waals surface area (Å²) in [6.45, 7) is 0. The lowest BCUT2D eigenvalue weighted by molar-refractivity contribution is 0.0691. The Morgan fingerprint density at radius 2 is 1.88 bits per heavy atom. The Morgan fingerprint density at radius 3 is 2.53 bits per heavy atom. The minimum Gasteiger partial charge on any atom is -0.497 e. The SMILES string of the molecule is COc1cccc(-c2cc(-c3nn(-c4nc(C(=O)O)cs4)c(C4CC4)c3Cc3ccc(S(N)(=O)=O)cc3F)ccc2F)c1. The highest BCUT2D eigenvalue weighted by Gasteiger charge is 2.34. The first kappa shape index (κ1) is 28.6. The van der Waals surface area contributed by atoms with Crippen LogP contribution in [0.3, 0.4) is 0 Å². The summed E-state index contributed by atoms with van der Waals surface area (Å²) in [5.41, 5.74) is 3.32. The smallest absolute Gasteiger partial charge is 0.355 e. The molecule has 0 spiro atoms. The second-order valence-electron chi connectivity index (χ2n) is 10.1. The van der Waals surface area contributed by atoms with Gasteiger partial charge in [-0.2, -0.15) is 5.10 Å². The number of nitrogens with two attached hydrogens (primary N) is 1. The van der Waals surface area contributed by atoms with Gasteiger partial charge in [-0.05, 0) is 66.4 Å². The van der Waals surface area contributed by atoms with Crippen LogP contribution in [0.4, 0.5) is 8.78 Å². The fourth-order valence-electron chi connectivity index (χ4n) is 4.97. The highest BCUT2D eigenvalue weighted by Crippen LogP contribution is 2.46. The van der Waals surface area contributed by atoms with Gasteiger partial charge >= 0.3 is 5.97 Å². The van der Waals surface area contributed by atoms with Gasteiger partial charge in [-0.15, -0.1) is 11.3 Å². The van der Waals surface area contributed by atoms with E-state index in [0.717, 1.165) is 35.9 Å². The summed E-state index contributed by atoms with van der Waals surface area (Å²) in [5, 5.41) is 21.2. The summed E-state index contributed by atoms with van der Waals surface area (Å²) in [6.07, 6.45) is 1.70. The van der Waals surface area contributed by atoms with Crippen LogP contribution in [0.1, 0.15) is 46.1 Å². The van der Waals surface area contributed by atoms with Crippen molar-refractivity contribution in [1.29, 1.82) is 0 Å². The molecule has 6 rings (SSSR count). The number of ether oxygens (including phenoxy) is 1. The molecule has 2 aromatic heterocycles. The quantitative estimate of drug-likeness (QED) is 0.213. The van der Waals surface area contributed by atoms with Gasteiger partial charge in [0.15, 0.2) is 5.69 Å². The van der Waals surface area contributed by atoms with Crippen molar-refractivity contribution in [3.8, 4) is 33.3 Å². The number of sulfonamides is 1. The molecule has 0 amide bonds. The lowest BCUT2D eigenvalue weighted by Gasteiger charge is -2.11. The third kappa shape index (κ3) is 5.66. The van der Waals surface area contributed by atoms with E-state index in [1.807, 2.05) is 0 Å². The minimum absolute atomic E-state index is 0.0287. The molecule has 2 heterocycles. The number of aromatic nitrogens is 3. The van der Waals surface area contributed by atoms with Crippen molar-refractivity contribution in [1.82, 2.24) is 14.8 Å². The zero-order chi connectivity index (χ0) is 30.5. The molecule has 1 saturated carbocycles. The van der Waals surface area contributed by atoms with Crippen LogP contribution >= 0.6 is 11.3 Å². The Bertz CT molecular complexity index is 2000. The second kappa shape index (κ2) is 11.0. The van der Waals surface area contributed by atoms with Crippen molar-refractivity contribution < 1.29 is 31.8 Å². The van der Waals surface area contributed by atoms with Crippen molar-refractivity contribution in [2.24, 2.45) is 5.14 Å². The summed E-state index contributed by atoms with van der Waals surface area (Å²) < 4.78 is 60.9. The Kier molecular flexibility index (Phi) is 7.32. The van der Waals surface area contributed by atoms with Crippen LogP contribution in [-0.2, 0) is 16.4 Å². The number of nitrogens with zero attached hydrogens (tertiary/aromatic N) is 3. The van der Waals surface area contributed by atoms with E-state index in [1.54, 1.807) is 41.1 Å². The van der Waals surface area contributed by atoms with E-state index in [0.29, 0.717) is 38.8 Å². The van der Waals surface area contributed by atoms with Crippen LogP contribution in [0.15, 0.2) is 70.9 Å². The molecule has 43 heavy (non-hydrogen) atoms. The number of aromatic carboxylic acids is 1. The van der Waals surface area contributed by atoms with Gasteiger partial charge in [0.2, 0.25) is 15.2 Å². The third-order valence-electron chi connectivity index (χ3n) is 7.22. The summed E-state index contributed by atoms with van der Waals surface area (Å²) in [7, 11) is -2.59. The van der Waals surface area contributed by atoms with Gasteiger partial charge in [-0.25, -0.2) is 36.8 Å². The molecule has 0 unspecified atom stereocenters. The Morgan fingerprint density at radius 1 is 1.09 bits per heavy atom. The first-order valence-electron chi connectivity index (χ1n) is 13.1. The molecule has 0 bridgehead atoms. The maximum Gasteiger partial charge on any atom is 0.355 e. The number of halogens is 2. The zero-order valence-electron chi connectivity index (χ0n) is 22.6. The van der Waals surface area contributed by atoms with E-state index in [4.69, 9.17) is 15.0 Å². The van der Waals surface area contributed by atoms with Gasteiger partial charge in [-0.3, -0.25) is 0 Å². The molecule has 9 nitrogen and oxygen atoms in total. The van der Waals surface area contributed by atoms with Gasteiger partial charge in [0, 0.05) is 34.4 Å². The summed E-state index contributed by atoms with van der Waals surface area (Å²) in [6, 6.07) is 15.0. The zero-order valence-corrected chi connectivity index (χ0v) is 24.3. The number of thiazole rings is 1. The molecule has 0 atom stereocenters. The van der Waals surface area contributed by atoms with Gasteiger partial charge < -0.3 is 9.84 Å². The first-order chi connectivity index (χ1) is 20.5. The molecule has 1 aliphatic carbocycles. The first-order valence-corrected chi connectivity index (χ1v) is 15.5. The molecule has 13 heteroatoms. The van der Waals surface area contributed by atoms with Crippen molar-refractivity contribution in [3.63, 3.8) is 0 Å². The van der Waals surface area contributed by atoms with Crippen molar-refractivity contribution in [2.45, 2.75) is 30.1 Å². The summed E-state index contributed by atoms with van der Waals surface area (Å²) in [5.74, 6) is -1.79. The number of carboxylic acid groups (broad SMARTS) is 1. The number of rotatable bonds is 9. The van der Waals surface area contributed by atoms with Crippen molar-refractivity contribution >= 4 is 27.3 Å². The number of carboxylic acids is 1. The fraction of sp³-hybridized carbons (Fsp3) is 0.167. The molecule has 1 aliphatic rings. The number of hydrogen-bond donors (Lipinski definition) is 2. The molecule has 0 saturated heterocycles. The number of primary sulfonamides is 1. The molecule has 3 N–H and O–H groups in total. The lowest BCUT2D eigenvalue weighted by atomic mass is 9.95. The average Bonchev–Trinajstić information content (AvgIpc) is 3.56. The van der Waals surface area contributed by atoms with Crippen molar-refractivity contribution in [3.05, 3.63) is 100 Å². The Labute approximate surface area is 249 Å². The van der Waals surface area contributed by atoms with Crippen LogP contribution in [0, 0.1) is 11.6 Å². The minimum atomic E-state index is -4.11. The molecular weight excluding hydrogens is 598 g/mol. The summed E-state index contributed by atoms with van der Waals surface area (Å²) in [4.78, 5) is 15.5. The number of hydrogen-bond acceptors (Lipinski definition) is 7. The van der Waals surface area contributed by atoms with Crippen LogP contribution in [0.5, 0.6) is 5.75 Å². The Hall–Kier alpha value is -4.46. The van der Waals surface area contributed by atoms with E-state index in [9.17, 15) is 18.3 Å². The molecule has 0 aliphatic heterocycles. The maximum atomic E-state index is 15.3. The highest BCUT2D eigenvalue weighted by atomic mass is 32.2. The van der Waals surface area contributed by atoms with E-state index in [2.05, 4.69) is 4.98 Å². The van der Waals surface area contributed by atoms with Crippen molar-refractivity contribution in [2.75, 3.05) is 7.11 Å². The fourth-order valence-corrected chi connectivity index (χ4v) is 6.26. The van der Waals surface area contributed by atoms with Crippen LogP contribution < -0.4 is 9.88 Å². The van der Waals surface area contributed by atoms with Crippen LogP contribution in [0.2, 0.25) is 0 Å². The van der Waals surface area contributed by atoms with Crippen LogP contribution in [-0.4, -0.2) is 41.4 Å². The number of carbonyl (C=O) groups is 1. The second-order valence-corrected chi connectivity index (χ2v) is 12.5. The van der Waals surface area contributed by atoms with Gasteiger partial charge in [0.25, 0.3) is 0 Å².